The monoisotopic (exact) mass is 431 g/mol. The average Bonchev–Trinajstić information content (AvgIpc) is 3.21. The zero-order chi connectivity index (χ0) is 20.8. The van der Waals surface area contributed by atoms with Gasteiger partial charge in [-0.2, -0.15) is 0 Å². The number of nitrogens with one attached hydrogen (secondary N) is 3. The minimum Gasteiger partial charge on any atom is -0.343 e. The normalized spacial score (nSPS) is 10.3. The topological polar surface area (TPSA) is 87.3 Å². The van der Waals surface area contributed by atoms with E-state index in [2.05, 4.69) is 16.2 Å². The molecule has 0 aliphatic heterocycles. The molecule has 0 radical (unpaired) electrons. The van der Waals surface area contributed by atoms with Crippen LogP contribution < -0.4 is 16.2 Å². The van der Waals surface area contributed by atoms with Gasteiger partial charge < -0.3 is 5.32 Å². The molecule has 2 aromatic carbocycles. The molecule has 0 atom stereocenters. The van der Waals surface area contributed by atoms with Crippen molar-refractivity contribution in [3.63, 3.8) is 0 Å². The summed E-state index contributed by atoms with van der Waals surface area (Å²) in [5.74, 6) is -1.90. The Morgan fingerprint density at radius 2 is 1.69 bits per heavy atom. The van der Waals surface area contributed by atoms with Gasteiger partial charge in [-0.15, -0.1) is 11.3 Å². The van der Waals surface area contributed by atoms with Gasteiger partial charge in [0.2, 0.25) is 0 Å². The van der Waals surface area contributed by atoms with E-state index in [1.807, 2.05) is 0 Å². The Bertz CT molecular complexity index is 1050. The highest BCUT2D eigenvalue weighted by Gasteiger charge is 2.12. The molecule has 0 aliphatic rings. The van der Waals surface area contributed by atoms with Crippen molar-refractivity contribution in [2.45, 2.75) is 0 Å². The predicted molar refractivity (Wildman–Crippen MR) is 109 cm³/mol. The third-order valence-corrected chi connectivity index (χ3v) is 5.14. The average molecular weight is 432 g/mol. The molecule has 6 nitrogen and oxygen atoms in total. The smallest absolute Gasteiger partial charge is 0.279 e. The van der Waals surface area contributed by atoms with Crippen molar-refractivity contribution in [2.24, 2.45) is 0 Å². The third-order valence-electron chi connectivity index (χ3n) is 3.77. The molecule has 3 amide bonds. The van der Waals surface area contributed by atoms with Crippen LogP contribution in [0.1, 0.15) is 20.0 Å². The van der Waals surface area contributed by atoms with Crippen LogP contribution in [-0.2, 0) is 4.79 Å². The molecule has 3 N–H and O–H groups in total. The summed E-state index contributed by atoms with van der Waals surface area (Å²) >= 11 is 7.02. The number of hydrogen-bond acceptors (Lipinski definition) is 4. The molecule has 0 bridgehead atoms. The van der Waals surface area contributed by atoms with Crippen LogP contribution in [0, 0.1) is 5.82 Å². The minimum atomic E-state index is -0.593. The summed E-state index contributed by atoms with van der Waals surface area (Å²) < 4.78 is 13.0. The maximum atomic E-state index is 13.0. The van der Waals surface area contributed by atoms with Crippen molar-refractivity contribution in [3.8, 4) is 10.4 Å². The van der Waals surface area contributed by atoms with Gasteiger partial charge >= 0.3 is 0 Å². The second-order valence-corrected chi connectivity index (χ2v) is 7.39. The summed E-state index contributed by atoms with van der Waals surface area (Å²) in [7, 11) is 0. The molecule has 3 aromatic rings. The van der Waals surface area contributed by atoms with Crippen LogP contribution >= 0.6 is 22.9 Å². The lowest BCUT2D eigenvalue weighted by atomic mass is 10.2. The highest BCUT2D eigenvalue weighted by atomic mass is 35.5. The Hall–Kier alpha value is -3.23. The lowest BCUT2D eigenvalue weighted by Gasteiger charge is -2.08. The summed E-state index contributed by atoms with van der Waals surface area (Å²) in [5.41, 5.74) is 5.62. The molecule has 0 saturated carbocycles. The number of halogens is 2. The van der Waals surface area contributed by atoms with Gasteiger partial charge in [0.25, 0.3) is 17.7 Å². The van der Waals surface area contributed by atoms with Crippen LogP contribution in [-0.4, -0.2) is 24.3 Å². The Balaban J connectivity index is 1.48. The van der Waals surface area contributed by atoms with Crippen molar-refractivity contribution < 1.29 is 18.8 Å². The van der Waals surface area contributed by atoms with Gasteiger partial charge in [0.15, 0.2) is 0 Å². The van der Waals surface area contributed by atoms with Gasteiger partial charge in [-0.1, -0.05) is 29.8 Å². The van der Waals surface area contributed by atoms with Crippen LogP contribution in [0.15, 0.2) is 60.7 Å². The van der Waals surface area contributed by atoms with E-state index in [-0.39, 0.29) is 12.4 Å². The van der Waals surface area contributed by atoms with E-state index in [1.165, 1.54) is 29.5 Å². The predicted octanol–water partition coefficient (Wildman–Crippen LogP) is 3.40. The fourth-order valence-electron chi connectivity index (χ4n) is 2.35. The molecule has 0 saturated heterocycles. The molecule has 3 rings (SSSR count). The molecule has 0 spiro atoms. The number of benzene rings is 2. The van der Waals surface area contributed by atoms with Crippen LogP contribution in [0.5, 0.6) is 0 Å². The third kappa shape index (κ3) is 5.63. The van der Waals surface area contributed by atoms with E-state index >= 15 is 0 Å². The van der Waals surface area contributed by atoms with E-state index in [0.717, 1.165) is 10.4 Å². The lowest BCUT2D eigenvalue weighted by Crippen LogP contribution is -2.46. The van der Waals surface area contributed by atoms with E-state index in [1.54, 1.807) is 42.5 Å². The second-order valence-electron chi connectivity index (χ2n) is 5.87. The first-order chi connectivity index (χ1) is 13.9. The van der Waals surface area contributed by atoms with Crippen molar-refractivity contribution in [1.82, 2.24) is 16.2 Å². The van der Waals surface area contributed by atoms with Gasteiger partial charge in [-0.25, -0.2) is 4.39 Å². The summed E-state index contributed by atoms with van der Waals surface area (Å²) in [6.07, 6.45) is 0. The zero-order valence-corrected chi connectivity index (χ0v) is 16.4. The fourth-order valence-corrected chi connectivity index (χ4v) is 3.45. The summed E-state index contributed by atoms with van der Waals surface area (Å²) in [6.45, 7) is -0.323. The number of thiophene rings is 1. The second kappa shape index (κ2) is 9.31. The molecule has 0 unspecified atom stereocenters. The lowest BCUT2D eigenvalue weighted by molar-refractivity contribution is -0.120. The molecular formula is C20H15ClFN3O3S. The largest absolute Gasteiger partial charge is 0.343 e. The first kappa shape index (κ1) is 20.5. The number of amides is 3. The van der Waals surface area contributed by atoms with Gasteiger partial charge in [-0.05, 0) is 48.0 Å². The molecule has 1 heterocycles. The van der Waals surface area contributed by atoms with Crippen molar-refractivity contribution in [3.05, 3.63) is 81.9 Å². The minimum absolute atomic E-state index is 0.321. The maximum absolute atomic E-state index is 13.0. The highest BCUT2D eigenvalue weighted by Crippen LogP contribution is 2.28. The highest BCUT2D eigenvalue weighted by molar-refractivity contribution is 7.17. The van der Waals surface area contributed by atoms with Crippen LogP contribution in [0.25, 0.3) is 10.4 Å². The summed E-state index contributed by atoms with van der Waals surface area (Å²) in [4.78, 5) is 37.1. The van der Waals surface area contributed by atoms with Gasteiger partial charge in [0.1, 0.15) is 5.82 Å². The molecule has 29 heavy (non-hydrogen) atoms. The van der Waals surface area contributed by atoms with Crippen LogP contribution in [0.3, 0.4) is 0 Å². The van der Waals surface area contributed by atoms with Crippen LogP contribution in [0.4, 0.5) is 4.39 Å². The number of carbonyl (C=O) groups excluding carboxylic acids is 3. The molecule has 148 valence electrons. The van der Waals surface area contributed by atoms with Crippen molar-refractivity contribution >= 4 is 40.7 Å². The van der Waals surface area contributed by atoms with E-state index in [9.17, 15) is 18.8 Å². The van der Waals surface area contributed by atoms with E-state index < -0.39 is 17.7 Å². The standard InChI is InChI=1S/C20H15ClFN3O3S/c21-14-3-1-2-13(10-14)19(27)23-11-18(26)24-25-20(28)17-9-8-16(29-17)12-4-6-15(22)7-5-12/h1-10H,11H2,(H,23,27)(H,24,26)(H,25,28). The number of carbonyl (C=O) groups is 3. The number of hydrogen-bond donors (Lipinski definition) is 3. The molecule has 0 aliphatic carbocycles. The van der Waals surface area contributed by atoms with Crippen molar-refractivity contribution in [1.29, 1.82) is 0 Å². The van der Waals surface area contributed by atoms with E-state index in [0.29, 0.717) is 15.5 Å². The quantitative estimate of drug-likeness (QED) is 0.541. The van der Waals surface area contributed by atoms with Crippen LogP contribution in [0.2, 0.25) is 5.02 Å². The first-order valence-electron chi connectivity index (χ1n) is 8.41. The Morgan fingerprint density at radius 3 is 2.41 bits per heavy atom. The molecule has 0 fully saturated rings. The Kier molecular flexibility index (Phi) is 6.58. The molecule has 9 heteroatoms. The summed E-state index contributed by atoms with van der Waals surface area (Å²) in [5, 5.41) is 2.84. The Labute approximate surface area is 174 Å². The summed E-state index contributed by atoms with van der Waals surface area (Å²) in [6, 6.07) is 15.6. The first-order valence-corrected chi connectivity index (χ1v) is 9.60. The van der Waals surface area contributed by atoms with Gasteiger partial charge in [0.05, 0.1) is 11.4 Å². The number of rotatable bonds is 5. The maximum Gasteiger partial charge on any atom is 0.279 e. The molecular weight excluding hydrogens is 417 g/mol. The SMILES string of the molecule is O=C(CNC(=O)c1cccc(Cl)c1)NNC(=O)c1ccc(-c2ccc(F)cc2)s1. The van der Waals surface area contributed by atoms with Gasteiger partial charge in [-0.3, -0.25) is 25.2 Å². The number of hydrazine groups is 1. The fraction of sp³-hybridized carbons (Fsp3) is 0.0500. The van der Waals surface area contributed by atoms with Gasteiger partial charge in [0, 0.05) is 15.5 Å². The zero-order valence-electron chi connectivity index (χ0n) is 14.9. The van der Waals surface area contributed by atoms with E-state index in [4.69, 9.17) is 11.6 Å². The Morgan fingerprint density at radius 1 is 0.931 bits per heavy atom. The molecule has 1 aromatic heterocycles. The van der Waals surface area contributed by atoms with Crippen molar-refractivity contribution in [2.75, 3.05) is 6.54 Å².